The maximum absolute atomic E-state index is 10.0. The Morgan fingerprint density at radius 1 is 0.733 bits per heavy atom. The van der Waals surface area contributed by atoms with Crippen LogP contribution in [0.1, 0.15) is 27.7 Å². The Kier molecular flexibility index (Phi) is 11.2. The third kappa shape index (κ3) is 14.8. The molecule has 0 fully saturated rings. The number of hydrogen-bond donors (Lipinski definition) is 4. The SMILES string of the molecule is CC(C)P(=O)(O)O.CC(C)P(=O)(O)O.[Co]. The zero-order valence-corrected chi connectivity index (χ0v) is 11.8. The Labute approximate surface area is 100.0 Å². The predicted octanol–water partition coefficient (Wildman–Crippen LogP) is 1.14. The number of hydrogen-bond acceptors (Lipinski definition) is 2. The fourth-order valence-electron chi connectivity index (χ4n) is 0. The molecule has 0 saturated carbocycles. The molecule has 0 aliphatic rings. The van der Waals surface area contributed by atoms with Gasteiger partial charge in [-0.2, -0.15) is 0 Å². The van der Waals surface area contributed by atoms with Gasteiger partial charge in [0.25, 0.3) is 0 Å². The van der Waals surface area contributed by atoms with Crippen molar-refractivity contribution in [2.45, 2.75) is 39.0 Å². The minimum absolute atomic E-state index is 0. The van der Waals surface area contributed by atoms with Gasteiger partial charge in [-0.1, -0.05) is 27.7 Å². The molecule has 4 N–H and O–H groups in total. The first-order valence-corrected chi connectivity index (χ1v) is 7.35. The molecule has 0 aromatic heterocycles. The largest absolute Gasteiger partial charge is 0.328 e. The summed E-state index contributed by atoms with van der Waals surface area (Å²) in [6.07, 6.45) is 0. The van der Waals surface area contributed by atoms with E-state index in [9.17, 15) is 9.13 Å². The molecule has 97 valence electrons. The Balaban J connectivity index is -0.000000180. The van der Waals surface area contributed by atoms with Crippen molar-refractivity contribution in [1.29, 1.82) is 0 Å². The maximum atomic E-state index is 10.0. The molecule has 0 aromatic rings. The normalized spacial score (nSPS) is 11.9. The van der Waals surface area contributed by atoms with Gasteiger partial charge in [0.15, 0.2) is 0 Å². The van der Waals surface area contributed by atoms with E-state index in [1.54, 1.807) is 0 Å². The topological polar surface area (TPSA) is 115 Å². The fourth-order valence-corrected chi connectivity index (χ4v) is 0. The average molecular weight is 307 g/mol. The summed E-state index contributed by atoms with van der Waals surface area (Å²) in [6, 6.07) is 0. The van der Waals surface area contributed by atoms with E-state index < -0.39 is 26.5 Å². The van der Waals surface area contributed by atoms with Gasteiger partial charge in [0.05, 0.1) is 11.3 Å². The zero-order valence-electron chi connectivity index (χ0n) is 8.99. The molecule has 0 aliphatic heterocycles. The smallest absolute Gasteiger partial charge is 0.324 e. The van der Waals surface area contributed by atoms with E-state index in [0.717, 1.165) is 0 Å². The molecular formula is C6H18CoO6P2. The van der Waals surface area contributed by atoms with Crippen LogP contribution in [0, 0.1) is 0 Å². The molecule has 0 aliphatic carbocycles. The molecule has 0 rings (SSSR count). The molecule has 0 unspecified atom stereocenters. The van der Waals surface area contributed by atoms with E-state index >= 15 is 0 Å². The van der Waals surface area contributed by atoms with E-state index in [1.807, 2.05) is 0 Å². The molecular weight excluding hydrogens is 289 g/mol. The van der Waals surface area contributed by atoms with Gasteiger partial charge in [-0.15, -0.1) is 0 Å². The molecule has 0 aromatic carbocycles. The van der Waals surface area contributed by atoms with Crippen molar-refractivity contribution in [3.63, 3.8) is 0 Å². The molecule has 15 heavy (non-hydrogen) atoms. The summed E-state index contributed by atoms with van der Waals surface area (Å²) >= 11 is 0. The molecule has 0 spiro atoms. The van der Waals surface area contributed by atoms with Crippen molar-refractivity contribution in [2.75, 3.05) is 0 Å². The molecule has 0 atom stereocenters. The van der Waals surface area contributed by atoms with E-state index in [2.05, 4.69) is 0 Å². The van der Waals surface area contributed by atoms with Gasteiger partial charge < -0.3 is 19.6 Å². The molecule has 0 heterocycles. The van der Waals surface area contributed by atoms with Crippen LogP contribution < -0.4 is 0 Å². The summed E-state index contributed by atoms with van der Waals surface area (Å²) in [5.41, 5.74) is -1.07. The van der Waals surface area contributed by atoms with Gasteiger partial charge >= 0.3 is 15.2 Å². The minimum Gasteiger partial charge on any atom is -0.324 e. The standard InChI is InChI=1S/2C3H9O3P.Co/c2*1-3(2)7(4,5)6;/h2*3H,1-2H3,(H2,4,5,6);. The van der Waals surface area contributed by atoms with E-state index in [1.165, 1.54) is 27.7 Å². The van der Waals surface area contributed by atoms with Crippen molar-refractivity contribution >= 4 is 15.2 Å². The molecule has 0 bridgehead atoms. The van der Waals surface area contributed by atoms with Crippen molar-refractivity contribution in [3.05, 3.63) is 0 Å². The first-order chi connectivity index (χ1) is 5.89. The van der Waals surface area contributed by atoms with Crippen molar-refractivity contribution < 1.29 is 45.5 Å². The van der Waals surface area contributed by atoms with E-state index in [-0.39, 0.29) is 16.8 Å². The molecule has 1 radical (unpaired) electrons. The predicted molar refractivity (Wildman–Crippen MR) is 54.4 cm³/mol. The van der Waals surface area contributed by atoms with Gasteiger partial charge in [-0.05, 0) is 0 Å². The minimum atomic E-state index is -3.74. The third-order valence-corrected chi connectivity index (χ3v) is 4.04. The summed E-state index contributed by atoms with van der Waals surface area (Å²) < 4.78 is 20.1. The second-order valence-corrected chi connectivity index (χ2v) is 7.79. The summed E-state index contributed by atoms with van der Waals surface area (Å²) in [6.45, 7) is 5.95. The van der Waals surface area contributed by atoms with Crippen LogP contribution in [0.15, 0.2) is 0 Å². The summed E-state index contributed by atoms with van der Waals surface area (Å²) in [5, 5.41) is 0. The third-order valence-electron chi connectivity index (χ3n) is 1.35. The Morgan fingerprint density at radius 3 is 0.800 bits per heavy atom. The van der Waals surface area contributed by atoms with Crippen molar-refractivity contribution in [3.8, 4) is 0 Å². The zero-order chi connectivity index (χ0) is 12.2. The maximum Gasteiger partial charge on any atom is 0.328 e. The van der Waals surface area contributed by atoms with Gasteiger partial charge in [0, 0.05) is 16.8 Å². The van der Waals surface area contributed by atoms with Crippen LogP contribution in [0.3, 0.4) is 0 Å². The second kappa shape index (κ2) is 7.98. The summed E-state index contributed by atoms with van der Waals surface area (Å²) in [7, 11) is -7.48. The molecule has 0 amide bonds. The van der Waals surface area contributed by atoms with Crippen LogP contribution >= 0.6 is 15.2 Å². The molecule has 9 heteroatoms. The molecule has 0 saturated heterocycles. The monoisotopic (exact) mass is 307 g/mol. The Hall–Kier alpha value is 0.806. The Bertz CT molecular complexity index is 216. The van der Waals surface area contributed by atoms with Gasteiger partial charge in [-0.25, -0.2) is 0 Å². The quantitative estimate of drug-likeness (QED) is 0.569. The van der Waals surface area contributed by atoms with Gasteiger partial charge in [0.1, 0.15) is 0 Å². The second-order valence-electron chi connectivity index (χ2n) is 3.37. The van der Waals surface area contributed by atoms with E-state index in [4.69, 9.17) is 19.6 Å². The fraction of sp³-hybridized carbons (Fsp3) is 1.00. The van der Waals surface area contributed by atoms with E-state index in [0.29, 0.717) is 0 Å². The summed E-state index contributed by atoms with van der Waals surface area (Å²) in [4.78, 5) is 32.8. The first kappa shape index (κ1) is 21.1. The van der Waals surface area contributed by atoms with Crippen LogP contribution in [0.4, 0.5) is 0 Å². The molecule has 6 nitrogen and oxygen atoms in total. The van der Waals surface area contributed by atoms with Crippen molar-refractivity contribution in [2.24, 2.45) is 0 Å². The van der Waals surface area contributed by atoms with Crippen LogP contribution in [0.25, 0.3) is 0 Å². The average Bonchev–Trinajstić information content (AvgIpc) is 1.83. The van der Waals surface area contributed by atoms with Gasteiger partial charge in [0.2, 0.25) is 0 Å². The van der Waals surface area contributed by atoms with Crippen LogP contribution in [0.5, 0.6) is 0 Å². The number of rotatable bonds is 2. The van der Waals surface area contributed by atoms with Crippen molar-refractivity contribution in [1.82, 2.24) is 0 Å². The Morgan fingerprint density at radius 2 is 0.800 bits per heavy atom. The summed E-state index contributed by atoms with van der Waals surface area (Å²) in [5.74, 6) is 0. The van der Waals surface area contributed by atoms with Crippen LogP contribution in [-0.4, -0.2) is 30.9 Å². The van der Waals surface area contributed by atoms with Crippen LogP contribution in [-0.2, 0) is 25.9 Å². The van der Waals surface area contributed by atoms with Gasteiger partial charge in [-0.3, -0.25) is 9.13 Å². The van der Waals surface area contributed by atoms with Crippen LogP contribution in [0.2, 0.25) is 0 Å². The first-order valence-electron chi connectivity index (χ1n) is 3.99.